The van der Waals surface area contributed by atoms with Crippen molar-refractivity contribution >= 4 is 0 Å². The van der Waals surface area contributed by atoms with Crippen LogP contribution in [-0.2, 0) is 0 Å². The summed E-state index contributed by atoms with van der Waals surface area (Å²) in [7, 11) is 9.74. The maximum atomic E-state index is 4.15. The first-order valence-electron chi connectivity index (χ1n) is 2.94. The van der Waals surface area contributed by atoms with Crippen molar-refractivity contribution in [2.24, 2.45) is 0 Å². The Morgan fingerprint density at radius 3 is 1.67 bits per heavy atom. The van der Waals surface area contributed by atoms with Crippen LogP contribution in [-0.4, -0.2) is 45.3 Å². The SMILES string of the molecule is CN(C)[N-][NH+](C)N(C)C. The molecule has 9 heavy (non-hydrogen) atoms. The first-order chi connectivity index (χ1) is 4.04. The molecule has 0 aromatic heterocycles. The van der Waals surface area contributed by atoms with Crippen molar-refractivity contribution in [3.8, 4) is 0 Å². The highest BCUT2D eigenvalue weighted by Crippen LogP contribution is 1.74. The summed E-state index contributed by atoms with van der Waals surface area (Å²) in [6.07, 6.45) is 0. The van der Waals surface area contributed by atoms with Gasteiger partial charge in [0, 0.05) is 14.1 Å². The summed E-state index contributed by atoms with van der Waals surface area (Å²) >= 11 is 0. The summed E-state index contributed by atoms with van der Waals surface area (Å²) in [5, 5.41) is 4.77. The molecule has 4 nitrogen and oxygen atoms in total. The monoisotopic (exact) mass is 132 g/mol. The predicted octanol–water partition coefficient (Wildman–Crippen LogP) is -1.26. The van der Waals surface area contributed by atoms with E-state index >= 15 is 0 Å². The number of nitrogens with zero attached hydrogens (tertiary/aromatic N) is 3. The van der Waals surface area contributed by atoms with Crippen molar-refractivity contribution in [2.75, 3.05) is 35.2 Å². The minimum absolute atomic E-state index is 1.01. The zero-order chi connectivity index (χ0) is 7.44. The second kappa shape index (κ2) is 3.79. The summed E-state index contributed by atoms with van der Waals surface area (Å²) in [5.41, 5.74) is 4.15. The lowest BCUT2D eigenvalue weighted by Gasteiger charge is -2.36. The van der Waals surface area contributed by atoms with Gasteiger partial charge in [-0.25, -0.2) is 0 Å². The van der Waals surface area contributed by atoms with Crippen molar-refractivity contribution in [3.63, 3.8) is 0 Å². The van der Waals surface area contributed by atoms with Gasteiger partial charge in [-0.05, 0) is 14.1 Å². The Hall–Kier alpha value is -0.160. The lowest BCUT2D eigenvalue weighted by molar-refractivity contribution is -0.966. The molecule has 0 heterocycles. The van der Waals surface area contributed by atoms with Crippen LogP contribution in [0.2, 0.25) is 0 Å². The molecule has 0 aromatic carbocycles. The van der Waals surface area contributed by atoms with Crippen molar-refractivity contribution in [1.82, 2.24) is 10.0 Å². The van der Waals surface area contributed by atoms with Gasteiger partial charge < -0.3 is 15.7 Å². The van der Waals surface area contributed by atoms with Crippen molar-refractivity contribution in [3.05, 3.63) is 5.53 Å². The average molecular weight is 132 g/mol. The largest absolute Gasteiger partial charge is 0.366 e. The van der Waals surface area contributed by atoms with E-state index in [1.54, 1.807) is 5.01 Å². The molecule has 0 rings (SSSR count). The van der Waals surface area contributed by atoms with E-state index in [4.69, 9.17) is 0 Å². The van der Waals surface area contributed by atoms with Crippen LogP contribution in [0.1, 0.15) is 0 Å². The van der Waals surface area contributed by atoms with Crippen LogP contribution >= 0.6 is 0 Å². The predicted molar refractivity (Wildman–Crippen MR) is 37.6 cm³/mol. The summed E-state index contributed by atoms with van der Waals surface area (Å²) in [5.74, 6) is 0. The Kier molecular flexibility index (Phi) is 3.72. The molecule has 4 heteroatoms. The van der Waals surface area contributed by atoms with Crippen molar-refractivity contribution in [2.45, 2.75) is 0 Å². The molecule has 0 aliphatic rings. The fraction of sp³-hybridized carbons (Fsp3) is 1.00. The quantitative estimate of drug-likeness (QED) is 0.485. The van der Waals surface area contributed by atoms with Gasteiger partial charge in [0.1, 0.15) is 0 Å². The molecule has 0 spiro atoms. The van der Waals surface area contributed by atoms with Crippen LogP contribution in [0.4, 0.5) is 0 Å². The smallest absolute Gasteiger partial charge is 0.0761 e. The molecule has 1 N–H and O–H groups in total. The Labute approximate surface area is 56.9 Å². The molecule has 0 radical (unpaired) electrons. The van der Waals surface area contributed by atoms with Crippen LogP contribution in [0.25, 0.3) is 5.53 Å². The Morgan fingerprint density at radius 2 is 1.56 bits per heavy atom. The van der Waals surface area contributed by atoms with Gasteiger partial charge in [0.25, 0.3) is 0 Å². The summed E-state index contributed by atoms with van der Waals surface area (Å²) in [6, 6.07) is 0. The third-order valence-electron chi connectivity index (χ3n) is 0.992. The normalized spacial score (nSPS) is 15.0. The maximum absolute atomic E-state index is 4.15. The molecule has 0 fully saturated rings. The lowest BCUT2D eigenvalue weighted by atomic mass is 11.1. The van der Waals surface area contributed by atoms with Crippen LogP contribution in [0, 0.1) is 0 Å². The topological polar surface area (TPSA) is 25.0 Å². The van der Waals surface area contributed by atoms with Crippen LogP contribution in [0.3, 0.4) is 0 Å². The molecule has 0 aromatic rings. The number of rotatable bonds is 3. The van der Waals surface area contributed by atoms with E-state index in [0.717, 1.165) is 5.12 Å². The molecule has 1 unspecified atom stereocenters. The molecule has 0 bridgehead atoms. The maximum Gasteiger partial charge on any atom is 0.0761 e. The van der Waals surface area contributed by atoms with Gasteiger partial charge in [-0.3, -0.25) is 0 Å². The van der Waals surface area contributed by atoms with E-state index in [9.17, 15) is 0 Å². The fourth-order valence-electron chi connectivity index (χ4n) is 0.379. The number of quaternary nitrogens is 1. The van der Waals surface area contributed by atoms with E-state index in [2.05, 4.69) is 5.53 Å². The van der Waals surface area contributed by atoms with Crippen LogP contribution in [0.5, 0.6) is 0 Å². The van der Waals surface area contributed by atoms with Gasteiger partial charge in [-0.1, -0.05) is 0 Å². The van der Waals surface area contributed by atoms with Gasteiger partial charge in [-0.2, -0.15) is 5.01 Å². The number of hydrogen-bond acceptors (Lipinski definition) is 2. The molecule has 0 amide bonds. The number of hydrogen-bond donors (Lipinski definition) is 1. The third kappa shape index (κ3) is 4.35. The molecule has 1 atom stereocenters. The van der Waals surface area contributed by atoms with Crippen molar-refractivity contribution < 1.29 is 5.12 Å². The molecule has 0 saturated heterocycles. The van der Waals surface area contributed by atoms with Gasteiger partial charge in [0.15, 0.2) is 0 Å². The molecular formula is C5H16N4. The van der Waals surface area contributed by atoms with Gasteiger partial charge in [0.05, 0.1) is 7.05 Å². The minimum atomic E-state index is 1.01. The van der Waals surface area contributed by atoms with E-state index in [1.807, 2.05) is 40.2 Å². The number of nitrogens with one attached hydrogen (secondary N) is 1. The molecular weight excluding hydrogens is 116 g/mol. The zero-order valence-corrected chi connectivity index (χ0v) is 6.84. The third-order valence-corrected chi connectivity index (χ3v) is 0.992. The highest BCUT2D eigenvalue weighted by atomic mass is 15.9. The zero-order valence-electron chi connectivity index (χ0n) is 6.84. The second-order valence-electron chi connectivity index (χ2n) is 2.39. The fourth-order valence-corrected chi connectivity index (χ4v) is 0.379. The Morgan fingerprint density at radius 1 is 1.11 bits per heavy atom. The van der Waals surface area contributed by atoms with Gasteiger partial charge >= 0.3 is 0 Å². The van der Waals surface area contributed by atoms with Gasteiger partial charge in [0.2, 0.25) is 0 Å². The first-order valence-corrected chi connectivity index (χ1v) is 2.94. The standard InChI is InChI=1S/C5H16N4/c1-7(2)6-9(5)8(3)4/h9H,1-5H3. The second-order valence-corrected chi connectivity index (χ2v) is 2.39. The highest BCUT2D eigenvalue weighted by Gasteiger charge is 1.91. The van der Waals surface area contributed by atoms with E-state index in [-0.39, 0.29) is 0 Å². The Bertz CT molecular complexity index is 71.4. The summed E-state index contributed by atoms with van der Waals surface area (Å²) in [4.78, 5) is 0. The molecule has 56 valence electrons. The van der Waals surface area contributed by atoms with Crippen molar-refractivity contribution in [1.29, 1.82) is 0 Å². The van der Waals surface area contributed by atoms with E-state index in [1.165, 1.54) is 0 Å². The van der Waals surface area contributed by atoms with E-state index in [0.29, 0.717) is 0 Å². The molecule has 0 saturated carbocycles. The highest BCUT2D eigenvalue weighted by molar-refractivity contribution is 4.42. The first kappa shape index (κ1) is 8.84. The summed E-state index contributed by atoms with van der Waals surface area (Å²) < 4.78 is 0. The van der Waals surface area contributed by atoms with Gasteiger partial charge in [-0.15, -0.1) is 0 Å². The molecule has 0 aliphatic carbocycles. The van der Waals surface area contributed by atoms with Crippen LogP contribution in [0.15, 0.2) is 0 Å². The minimum Gasteiger partial charge on any atom is -0.366 e. The summed E-state index contributed by atoms with van der Waals surface area (Å²) in [6.45, 7) is 0. The lowest BCUT2D eigenvalue weighted by Crippen LogP contribution is -3.11. The van der Waals surface area contributed by atoms with Crippen LogP contribution < -0.4 is 5.12 Å². The van der Waals surface area contributed by atoms with E-state index < -0.39 is 0 Å². The average Bonchev–Trinajstić information content (AvgIpc) is 1.63. The Balaban J connectivity index is 3.38. The molecule has 0 aliphatic heterocycles.